The molecule has 120 valence electrons. The summed E-state index contributed by atoms with van der Waals surface area (Å²) in [6.45, 7) is 1.41. The molecule has 0 aliphatic carbocycles. The SMILES string of the molecule is CC(=O)Nc1ncc(-c2ccc(N)cc2)nc1-c1ccc(O)cc1. The Labute approximate surface area is 139 Å². The van der Waals surface area contributed by atoms with Crippen LogP contribution in [0.5, 0.6) is 5.75 Å². The number of hydrogen-bond donors (Lipinski definition) is 3. The number of nitrogens with two attached hydrogens (primary N) is 1. The number of nitrogens with one attached hydrogen (secondary N) is 1. The molecule has 0 saturated heterocycles. The van der Waals surface area contributed by atoms with E-state index in [-0.39, 0.29) is 11.7 Å². The molecule has 0 bridgehead atoms. The van der Waals surface area contributed by atoms with Crippen molar-refractivity contribution in [2.24, 2.45) is 0 Å². The van der Waals surface area contributed by atoms with Gasteiger partial charge in [0.25, 0.3) is 0 Å². The summed E-state index contributed by atoms with van der Waals surface area (Å²) >= 11 is 0. The number of amides is 1. The van der Waals surface area contributed by atoms with E-state index in [2.05, 4.69) is 15.3 Å². The largest absolute Gasteiger partial charge is 0.508 e. The van der Waals surface area contributed by atoms with Crippen LogP contribution in [0.4, 0.5) is 11.5 Å². The van der Waals surface area contributed by atoms with E-state index in [9.17, 15) is 9.90 Å². The molecular formula is C18H16N4O2. The Morgan fingerprint density at radius 1 is 1.04 bits per heavy atom. The molecule has 1 amide bonds. The minimum atomic E-state index is -0.232. The zero-order valence-electron chi connectivity index (χ0n) is 13.0. The van der Waals surface area contributed by atoms with Crippen LogP contribution in [-0.4, -0.2) is 21.0 Å². The number of phenols is 1. The molecule has 0 atom stereocenters. The molecule has 0 aliphatic heterocycles. The Morgan fingerprint density at radius 3 is 2.29 bits per heavy atom. The van der Waals surface area contributed by atoms with Crippen LogP contribution in [0.1, 0.15) is 6.92 Å². The lowest BCUT2D eigenvalue weighted by Gasteiger charge is -2.11. The van der Waals surface area contributed by atoms with E-state index < -0.39 is 0 Å². The average Bonchev–Trinajstić information content (AvgIpc) is 2.56. The molecule has 0 fully saturated rings. The second-order valence-electron chi connectivity index (χ2n) is 5.30. The predicted molar refractivity (Wildman–Crippen MR) is 93.3 cm³/mol. The molecule has 0 radical (unpaired) electrons. The Hall–Kier alpha value is -3.41. The number of benzene rings is 2. The van der Waals surface area contributed by atoms with Crippen molar-refractivity contribution in [3.8, 4) is 28.3 Å². The van der Waals surface area contributed by atoms with E-state index in [0.717, 1.165) is 11.1 Å². The van der Waals surface area contributed by atoms with Crippen molar-refractivity contribution in [3.63, 3.8) is 0 Å². The van der Waals surface area contributed by atoms with E-state index in [4.69, 9.17) is 5.73 Å². The normalized spacial score (nSPS) is 10.4. The maximum atomic E-state index is 11.4. The van der Waals surface area contributed by atoms with Gasteiger partial charge < -0.3 is 16.2 Å². The van der Waals surface area contributed by atoms with Gasteiger partial charge in [-0.05, 0) is 36.4 Å². The van der Waals surface area contributed by atoms with Crippen molar-refractivity contribution >= 4 is 17.4 Å². The number of carbonyl (C=O) groups is 1. The molecule has 0 aliphatic rings. The summed E-state index contributed by atoms with van der Waals surface area (Å²) in [5.74, 6) is 0.291. The third-order valence-corrected chi connectivity index (χ3v) is 3.41. The molecule has 0 unspecified atom stereocenters. The van der Waals surface area contributed by atoms with Crippen LogP contribution >= 0.6 is 0 Å². The van der Waals surface area contributed by atoms with E-state index >= 15 is 0 Å². The summed E-state index contributed by atoms with van der Waals surface area (Å²) in [6.07, 6.45) is 1.60. The standard InChI is InChI=1S/C18H16N4O2/c1-11(23)21-18-17(13-4-8-15(24)9-5-13)22-16(10-20-18)12-2-6-14(19)7-3-12/h2-10,24H,19H2,1H3,(H,20,21,23). The smallest absolute Gasteiger partial charge is 0.222 e. The quantitative estimate of drug-likeness (QED) is 0.644. The molecule has 2 aromatic carbocycles. The lowest BCUT2D eigenvalue weighted by Crippen LogP contribution is -2.10. The molecule has 1 heterocycles. The van der Waals surface area contributed by atoms with Crippen molar-refractivity contribution in [3.05, 3.63) is 54.7 Å². The number of nitrogens with zero attached hydrogens (tertiary/aromatic N) is 2. The van der Waals surface area contributed by atoms with Gasteiger partial charge >= 0.3 is 0 Å². The number of aromatic nitrogens is 2. The molecule has 4 N–H and O–H groups in total. The molecule has 3 rings (SSSR count). The van der Waals surface area contributed by atoms with Gasteiger partial charge in [0.2, 0.25) is 5.91 Å². The number of carbonyl (C=O) groups excluding carboxylic acids is 1. The Kier molecular flexibility index (Phi) is 4.11. The first kappa shape index (κ1) is 15.5. The molecule has 6 heteroatoms. The first-order valence-corrected chi connectivity index (χ1v) is 7.33. The van der Waals surface area contributed by atoms with Crippen LogP contribution in [-0.2, 0) is 4.79 Å². The summed E-state index contributed by atoms with van der Waals surface area (Å²) in [4.78, 5) is 20.4. The van der Waals surface area contributed by atoms with E-state index in [1.54, 1.807) is 42.6 Å². The first-order valence-electron chi connectivity index (χ1n) is 7.33. The summed E-state index contributed by atoms with van der Waals surface area (Å²) < 4.78 is 0. The van der Waals surface area contributed by atoms with Crippen molar-refractivity contribution in [1.29, 1.82) is 0 Å². The van der Waals surface area contributed by atoms with Crippen LogP contribution in [0.3, 0.4) is 0 Å². The van der Waals surface area contributed by atoms with Gasteiger partial charge in [0.15, 0.2) is 5.82 Å². The zero-order chi connectivity index (χ0) is 17.1. The fourth-order valence-electron chi connectivity index (χ4n) is 2.26. The summed E-state index contributed by atoms with van der Waals surface area (Å²) in [5, 5.41) is 12.1. The van der Waals surface area contributed by atoms with Crippen molar-refractivity contribution < 1.29 is 9.90 Å². The van der Waals surface area contributed by atoms with E-state index in [0.29, 0.717) is 22.9 Å². The van der Waals surface area contributed by atoms with Crippen LogP contribution in [0.15, 0.2) is 54.7 Å². The van der Waals surface area contributed by atoms with Gasteiger partial charge in [0, 0.05) is 23.7 Å². The molecule has 0 spiro atoms. The monoisotopic (exact) mass is 320 g/mol. The number of hydrogen-bond acceptors (Lipinski definition) is 5. The second-order valence-corrected chi connectivity index (χ2v) is 5.30. The number of phenolic OH excluding ortho intramolecular Hbond substituents is 1. The first-order chi connectivity index (χ1) is 11.5. The molecule has 6 nitrogen and oxygen atoms in total. The average molecular weight is 320 g/mol. The van der Waals surface area contributed by atoms with Gasteiger partial charge in [-0.25, -0.2) is 9.97 Å². The number of anilines is 2. The highest BCUT2D eigenvalue weighted by molar-refractivity contribution is 5.92. The van der Waals surface area contributed by atoms with Crippen LogP contribution in [0, 0.1) is 0 Å². The summed E-state index contributed by atoms with van der Waals surface area (Å²) in [5.41, 5.74) is 9.17. The van der Waals surface area contributed by atoms with Crippen molar-refractivity contribution in [2.45, 2.75) is 6.92 Å². The van der Waals surface area contributed by atoms with Crippen LogP contribution in [0.2, 0.25) is 0 Å². The van der Waals surface area contributed by atoms with Crippen molar-refractivity contribution in [2.75, 3.05) is 11.1 Å². The number of nitrogen functional groups attached to an aromatic ring is 1. The van der Waals surface area contributed by atoms with Gasteiger partial charge in [-0.3, -0.25) is 4.79 Å². The second kappa shape index (κ2) is 6.37. The number of rotatable bonds is 3. The Balaban J connectivity index is 2.11. The minimum Gasteiger partial charge on any atom is -0.508 e. The molecular weight excluding hydrogens is 304 g/mol. The van der Waals surface area contributed by atoms with Crippen molar-refractivity contribution in [1.82, 2.24) is 9.97 Å². The maximum Gasteiger partial charge on any atom is 0.222 e. The van der Waals surface area contributed by atoms with Crippen LogP contribution in [0.25, 0.3) is 22.5 Å². The summed E-state index contributed by atoms with van der Waals surface area (Å²) in [7, 11) is 0. The Bertz CT molecular complexity index is 875. The lowest BCUT2D eigenvalue weighted by atomic mass is 10.1. The van der Waals surface area contributed by atoms with Gasteiger partial charge in [0.05, 0.1) is 11.9 Å². The van der Waals surface area contributed by atoms with Gasteiger partial charge in [0.1, 0.15) is 11.4 Å². The fraction of sp³-hybridized carbons (Fsp3) is 0.0556. The predicted octanol–water partition coefficient (Wildman–Crippen LogP) is 3.06. The number of aromatic hydroxyl groups is 1. The summed E-state index contributed by atoms with van der Waals surface area (Å²) in [6, 6.07) is 13.9. The highest BCUT2D eigenvalue weighted by atomic mass is 16.3. The van der Waals surface area contributed by atoms with Gasteiger partial charge in [-0.2, -0.15) is 0 Å². The molecule has 24 heavy (non-hydrogen) atoms. The lowest BCUT2D eigenvalue weighted by molar-refractivity contribution is -0.114. The van der Waals surface area contributed by atoms with E-state index in [1.165, 1.54) is 6.92 Å². The van der Waals surface area contributed by atoms with Crippen LogP contribution < -0.4 is 11.1 Å². The highest BCUT2D eigenvalue weighted by Gasteiger charge is 2.12. The topological polar surface area (TPSA) is 101 Å². The third-order valence-electron chi connectivity index (χ3n) is 3.41. The van der Waals surface area contributed by atoms with E-state index in [1.807, 2.05) is 12.1 Å². The zero-order valence-corrected chi connectivity index (χ0v) is 13.0. The highest BCUT2D eigenvalue weighted by Crippen LogP contribution is 2.29. The molecule has 0 saturated carbocycles. The molecule has 3 aromatic rings. The Morgan fingerprint density at radius 2 is 1.67 bits per heavy atom. The van der Waals surface area contributed by atoms with Gasteiger partial charge in [-0.1, -0.05) is 12.1 Å². The van der Waals surface area contributed by atoms with Gasteiger partial charge in [-0.15, -0.1) is 0 Å². The fourth-order valence-corrected chi connectivity index (χ4v) is 2.26. The third kappa shape index (κ3) is 3.33. The maximum absolute atomic E-state index is 11.4. The minimum absolute atomic E-state index is 0.155. The molecule has 1 aromatic heterocycles.